The molecule has 1 atom stereocenters. The average molecular weight is 198 g/mol. The first-order valence-electron chi connectivity index (χ1n) is 4.69. The highest BCUT2D eigenvalue weighted by Crippen LogP contribution is 2.22. The lowest BCUT2D eigenvalue weighted by atomic mass is 9.96. The van der Waals surface area contributed by atoms with Crippen LogP contribution in [0.5, 0.6) is 0 Å². The van der Waals surface area contributed by atoms with Crippen LogP contribution in [0.4, 0.5) is 0 Å². The van der Waals surface area contributed by atoms with Crippen LogP contribution in [0.3, 0.4) is 0 Å². The second kappa shape index (κ2) is 5.25. The summed E-state index contributed by atoms with van der Waals surface area (Å²) in [4.78, 5) is 0. The zero-order valence-corrected chi connectivity index (χ0v) is 8.72. The van der Waals surface area contributed by atoms with Gasteiger partial charge in [0.05, 0.1) is 0 Å². The van der Waals surface area contributed by atoms with Crippen molar-refractivity contribution in [3.63, 3.8) is 0 Å². The van der Waals surface area contributed by atoms with Crippen LogP contribution in [0.15, 0.2) is 24.3 Å². The predicted molar refractivity (Wildman–Crippen MR) is 58.2 cm³/mol. The summed E-state index contributed by atoms with van der Waals surface area (Å²) in [5, 5.41) is 0.817. The second-order valence-electron chi connectivity index (χ2n) is 3.39. The first-order valence-corrected chi connectivity index (χ1v) is 5.07. The molecule has 0 spiro atoms. The van der Waals surface area contributed by atoms with Crippen molar-refractivity contribution in [1.29, 1.82) is 0 Å². The lowest BCUT2D eigenvalue weighted by molar-refractivity contribution is 0.641. The molecule has 0 aliphatic heterocycles. The maximum Gasteiger partial charge on any atom is 0.0408 e. The molecule has 1 aromatic rings. The van der Waals surface area contributed by atoms with Gasteiger partial charge in [0.1, 0.15) is 0 Å². The van der Waals surface area contributed by atoms with Crippen LogP contribution in [0.2, 0.25) is 5.02 Å². The molecule has 0 radical (unpaired) electrons. The van der Waals surface area contributed by atoms with E-state index in [4.69, 9.17) is 17.3 Å². The van der Waals surface area contributed by atoms with Gasteiger partial charge in [0.15, 0.2) is 0 Å². The van der Waals surface area contributed by atoms with Crippen molar-refractivity contribution in [3.05, 3.63) is 34.9 Å². The van der Waals surface area contributed by atoms with Crippen molar-refractivity contribution >= 4 is 11.6 Å². The fourth-order valence-corrected chi connectivity index (χ4v) is 1.60. The topological polar surface area (TPSA) is 26.0 Å². The maximum atomic E-state index is 5.90. The normalized spacial score (nSPS) is 12.8. The Labute approximate surface area is 84.9 Å². The molecule has 13 heavy (non-hydrogen) atoms. The lowest BCUT2D eigenvalue weighted by Crippen LogP contribution is -2.01. The Morgan fingerprint density at radius 2 is 2.23 bits per heavy atom. The molecule has 2 N–H and O–H groups in total. The van der Waals surface area contributed by atoms with Crippen LogP contribution in [-0.4, -0.2) is 6.54 Å². The molecule has 2 heteroatoms. The molecule has 72 valence electrons. The largest absolute Gasteiger partial charge is 0.330 e. The number of halogens is 1. The minimum absolute atomic E-state index is 0.558. The molecular formula is C11H16ClN. The van der Waals surface area contributed by atoms with E-state index in [1.54, 1.807) is 0 Å². The number of nitrogens with two attached hydrogens (primary N) is 1. The third kappa shape index (κ3) is 3.37. The van der Waals surface area contributed by atoms with Crippen molar-refractivity contribution in [2.75, 3.05) is 6.54 Å². The van der Waals surface area contributed by atoms with Crippen LogP contribution in [-0.2, 0) is 0 Å². The summed E-state index contributed by atoms with van der Waals surface area (Å²) in [6.07, 6.45) is 2.21. The maximum absolute atomic E-state index is 5.90. The number of hydrogen-bond acceptors (Lipinski definition) is 1. The molecule has 1 rings (SSSR count). The van der Waals surface area contributed by atoms with Gasteiger partial charge < -0.3 is 5.73 Å². The summed E-state index contributed by atoms with van der Waals surface area (Å²) in [5.74, 6) is 0.558. The molecule has 0 saturated carbocycles. The van der Waals surface area contributed by atoms with E-state index in [9.17, 15) is 0 Å². The molecular weight excluding hydrogens is 182 g/mol. The van der Waals surface area contributed by atoms with Crippen LogP contribution in [0.1, 0.15) is 31.2 Å². The first kappa shape index (κ1) is 10.6. The number of benzene rings is 1. The van der Waals surface area contributed by atoms with E-state index in [1.807, 2.05) is 18.2 Å². The van der Waals surface area contributed by atoms with Crippen molar-refractivity contribution in [3.8, 4) is 0 Å². The fourth-order valence-electron chi connectivity index (χ4n) is 1.40. The van der Waals surface area contributed by atoms with Gasteiger partial charge in [-0.25, -0.2) is 0 Å². The Balaban J connectivity index is 2.60. The Morgan fingerprint density at radius 3 is 2.85 bits per heavy atom. The van der Waals surface area contributed by atoms with E-state index in [0.717, 1.165) is 24.4 Å². The van der Waals surface area contributed by atoms with E-state index >= 15 is 0 Å². The van der Waals surface area contributed by atoms with Crippen LogP contribution in [0.25, 0.3) is 0 Å². The fraction of sp³-hybridized carbons (Fsp3) is 0.455. The van der Waals surface area contributed by atoms with Crippen molar-refractivity contribution < 1.29 is 0 Å². The highest BCUT2D eigenvalue weighted by molar-refractivity contribution is 6.30. The van der Waals surface area contributed by atoms with E-state index in [-0.39, 0.29) is 0 Å². The monoisotopic (exact) mass is 197 g/mol. The van der Waals surface area contributed by atoms with Gasteiger partial charge in [-0.1, -0.05) is 30.7 Å². The van der Waals surface area contributed by atoms with Gasteiger partial charge in [0.25, 0.3) is 0 Å². The average Bonchev–Trinajstić information content (AvgIpc) is 2.14. The lowest BCUT2D eigenvalue weighted by Gasteiger charge is -2.10. The third-order valence-corrected chi connectivity index (χ3v) is 2.49. The molecule has 1 nitrogen and oxygen atoms in total. The highest BCUT2D eigenvalue weighted by Gasteiger charge is 2.04. The van der Waals surface area contributed by atoms with Gasteiger partial charge in [-0.05, 0) is 43.0 Å². The van der Waals surface area contributed by atoms with Crippen LogP contribution >= 0.6 is 11.6 Å². The molecule has 0 amide bonds. The Hall–Kier alpha value is -0.530. The molecule has 0 fully saturated rings. The second-order valence-corrected chi connectivity index (χ2v) is 3.82. The van der Waals surface area contributed by atoms with Gasteiger partial charge in [-0.15, -0.1) is 0 Å². The molecule has 0 aliphatic carbocycles. The first-order chi connectivity index (χ1) is 6.24. The Kier molecular flexibility index (Phi) is 4.26. The summed E-state index contributed by atoms with van der Waals surface area (Å²) in [6.45, 7) is 2.98. The quantitative estimate of drug-likeness (QED) is 0.789. The van der Waals surface area contributed by atoms with Gasteiger partial charge >= 0.3 is 0 Å². The SMILES string of the molecule is CC(CCCN)c1cccc(Cl)c1. The number of hydrogen-bond donors (Lipinski definition) is 1. The van der Waals surface area contributed by atoms with Crippen LogP contribution < -0.4 is 5.73 Å². The number of rotatable bonds is 4. The van der Waals surface area contributed by atoms with Crippen molar-refractivity contribution in [2.24, 2.45) is 5.73 Å². The van der Waals surface area contributed by atoms with E-state index in [2.05, 4.69) is 13.0 Å². The van der Waals surface area contributed by atoms with Gasteiger partial charge in [-0.3, -0.25) is 0 Å². The summed E-state index contributed by atoms with van der Waals surface area (Å²) in [7, 11) is 0. The summed E-state index contributed by atoms with van der Waals surface area (Å²) >= 11 is 5.90. The molecule has 1 unspecified atom stereocenters. The van der Waals surface area contributed by atoms with Crippen LogP contribution in [0, 0.1) is 0 Å². The van der Waals surface area contributed by atoms with Gasteiger partial charge in [0, 0.05) is 5.02 Å². The molecule has 0 heterocycles. The van der Waals surface area contributed by atoms with E-state index in [1.165, 1.54) is 5.56 Å². The van der Waals surface area contributed by atoms with Gasteiger partial charge in [0.2, 0.25) is 0 Å². The molecule has 1 aromatic carbocycles. The van der Waals surface area contributed by atoms with Gasteiger partial charge in [-0.2, -0.15) is 0 Å². The van der Waals surface area contributed by atoms with E-state index in [0.29, 0.717) is 5.92 Å². The summed E-state index contributed by atoms with van der Waals surface area (Å²) in [6, 6.07) is 8.05. The smallest absolute Gasteiger partial charge is 0.0408 e. The van der Waals surface area contributed by atoms with Crippen molar-refractivity contribution in [1.82, 2.24) is 0 Å². The van der Waals surface area contributed by atoms with E-state index < -0.39 is 0 Å². The minimum atomic E-state index is 0.558. The Bertz CT molecular complexity index is 260. The predicted octanol–water partition coefficient (Wildman–Crippen LogP) is 3.18. The summed E-state index contributed by atoms with van der Waals surface area (Å²) < 4.78 is 0. The van der Waals surface area contributed by atoms with Crippen molar-refractivity contribution in [2.45, 2.75) is 25.7 Å². The zero-order chi connectivity index (χ0) is 9.68. The third-order valence-electron chi connectivity index (χ3n) is 2.26. The molecule has 0 saturated heterocycles. The molecule has 0 aromatic heterocycles. The highest BCUT2D eigenvalue weighted by atomic mass is 35.5. The molecule has 0 bridgehead atoms. The Morgan fingerprint density at radius 1 is 1.46 bits per heavy atom. The summed E-state index contributed by atoms with van der Waals surface area (Å²) in [5.41, 5.74) is 6.77. The zero-order valence-electron chi connectivity index (χ0n) is 7.96. The standard InChI is InChI=1S/C11H16ClN/c1-9(4-3-7-13)10-5-2-6-11(12)8-10/h2,5-6,8-9H,3-4,7,13H2,1H3. The minimum Gasteiger partial charge on any atom is -0.330 e. The molecule has 0 aliphatic rings.